The smallest absolute Gasteiger partial charge is 0.0795 e. The summed E-state index contributed by atoms with van der Waals surface area (Å²) < 4.78 is 5.37. The van der Waals surface area contributed by atoms with E-state index in [0.29, 0.717) is 6.04 Å². The van der Waals surface area contributed by atoms with E-state index in [-0.39, 0.29) is 0 Å². The van der Waals surface area contributed by atoms with Crippen molar-refractivity contribution in [1.29, 1.82) is 0 Å². The Morgan fingerprint density at radius 2 is 2.69 bits per heavy atom. The lowest BCUT2D eigenvalue weighted by atomic mass is 10.1. The minimum atomic E-state index is 0.524. The van der Waals surface area contributed by atoms with Gasteiger partial charge < -0.3 is 10.1 Å². The number of nitrogens with zero attached hydrogens (tertiary/aromatic N) is 1. The molecule has 1 aromatic rings. The lowest BCUT2D eigenvalue weighted by Gasteiger charge is -2.22. The van der Waals surface area contributed by atoms with Crippen molar-refractivity contribution in [3.63, 3.8) is 0 Å². The van der Waals surface area contributed by atoms with Gasteiger partial charge in [-0.1, -0.05) is 0 Å². The number of hydrogen-bond acceptors (Lipinski definition) is 4. The van der Waals surface area contributed by atoms with Crippen LogP contribution < -0.4 is 5.32 Å². The fourth-order valence-electron chi connectivity index (χ4n) is 1.48. The normalized spacial score (nSPS) is 23.2. The van der Waals surface area contributed by atoms with E-state index in [2.05, 4.69) is 15.7 Å². The summed E-state index contributed by atoms with van der Waals surface area (Å²) in [6.07, 6.45) is 2.40. The summed E-state index contributed by atoms with van der Waals surface area (Å²) in [4.78, 5) is 4.22. The Morgan fingerprint density at radius 3 is 3.38 bits per heavy atom. The number of rotatable bonds is 3. The van der Waals surface area contributed by atoms with Crippen LogP contribution in [0.3, 0.4) is 0 Å². The van der Waals surface area contributed by atoms with Crippen LogP contribution in [0.5, 0.6) is 0 Å². The highest BCUT2D eigenvalue weighted by Crippen LogP contribution is 2.07. The molecule has 1 saturated heterocycles. The molecule has 0 unspecified atom stereocenters. The van der Waals surface area contributed by atoms with Crippen LogP contribution in [0.25, 0.3) is 0 Å². The van der Waals surface area contributed by atoms with E-state index < -0.39 is 0 Å². The molecule has 0 aromatic carbocycles. The molecule has 1 aliphatic heterocycles. The van der Waals surface area contributed by atoms with Crippen LogP contribution in [0.4, 0.5) is 0 Å². The molecule has 0 amide bonds. The first-order chi connectivity index (χ1) is 6.45. The van der Waals surface area contributed by atoms with Gasteiger partial charge in [-0.2, -0.15) is 0 Å². The first kappa shape index (κ1) is 9.12. The molecule has 0 radical (unpaired) electrons. The predicted octanol–water partition coefficient (Wildman–Crippen LogP) is 1.41. The van der Waals surface area contributed by atoms with Gasteiger partial charge in [0.15, 0.2) is 0 Å². The maximum Gasteiger partial charge on any atom is 0.0795 e. The first-order valence-corrected chi connectivity index (χ1v) is 5.57. The fourth-order valence-corrected chi connectivity index (χ4v) is 2.03. The number of ether oxygens (including phenoxy) is 1. The number of nitrogens with one attached hydrogen (secondary N) is 1. The van der Waals surface area contributed by atoms with Gasteiger partial charge in [0.2, 0.25) is 0 Å². The van der Waals surface area contributed by atoms with Crippen molar-refractivity contribution in [1.82, 2.24) is 10.3 Å². The molecule has 2 heterocycles. The van der Waals surface area contributed by atoms with E-state index in [9.17, 15) is 0 Å². The molecule has 72 valence electrons. The quantitative estimate of drug-likeness (QED) is 0.797. The summed E-state index contributed by atoms with van der Waals surface area (Å²) in [6.45, 7) is 2.65. The van der Waals surface area contributed by atoms with E-state index in [4.69, 9.17) is 4.74 Å². The van der Waals surface area contributed by atoms with Gasteiger partial charge in [0, 0.05) is 24.6 Å². The lowest BCUT2D eigenvalue weighted by Crippen LogP contribution is -2.36. The molecule has 0 spiro atoms. The molecule has 4 heteroatoms. The SMILES string of the molecule is c1nc(CN[C@@H]2CCCOC2)cs1. The third-order valence-corrected chi connectivity index (χ3v) is 2.85. The molecule has 3 nitrogen and oxygen atoms in total. The fraction of sp³-hybridized carbons (Fsp3) is 0.667. The van der Waals surface area contributed by atoms with Crippen LogP contribution in [-0.4, -0.2) is 24.2 Å². The molecule has 0 saturated carbocycles. The van der Waals surface area contributed by atoms with E-state index in [1.54, 1.807) is 11.3 Å². The summed E-state index contributed by atoms with van der Waals surface area (Å²) in [5.74, 6) is 0. The average Bonchev–Trinajstić information content (AvgIpc) is 2.69. The predicted molar refractivity (Wildman–Crippen MR) is 52.8 cm³/mol. The van der Waals surface area contributed by atoms with Crippen LogP contribution in [-0.2, 0) is 11.3 Å². The standard InChI is InChI=1S/C9H14N2OS/c1-2-8(5-12-3-1)10-4-9-6-13-7-11-9/h6-8,10H,1-5H2/t8-/m1/s1. The highest BCUT2D eigenvalue weighted by molar-refractivity contribution is 7.07. The van der Waals surface area contributed by atoms with Gasteiger partial charge in [-0.25, -0.2) is 4.98 Å². The maximum absolute atomic E-state index is 5.37. The average molecular weight is 198 g/mol. The first-order valence-electron chi connectivity index (χ1n) is 4.63. The Hall–Kier alpha value is -0.450. The molecule has 0 aliphatic carbocycles. The highest BCUT2D eigenvalue weighted by atomic mass is 32.1. The molecule has 1 fully saturated rings. The van der Waals surface area contributed by atoms with E-state index in [1.165, 1.54) is 12.8 Å². The minimum absolute atomic E-state index is 0.524. The number of thiazole rings is 1. The molecule has 1 aromatic heterocycles. The third kappa shape index (κ3) is 2.76. The Labute approximate surface area is 82.1 Å². The summed E-state index contributed by atoms with van der Waals surface area (Å²) in [7, 11) is 0. The topological polar surface area (TPSA) is 34.2 Å². The molecule has 1 N–H and O–H groups in total. The van der Waals surface area contributed by atoms with Gasteiger partial charge in [-0.3, -0.25) is 0 Å². The van der Waals surface area contributed by atoms with Crippen molar-refractivity contribution in [3.8, 4) is 0 Å². The second-order valence-electron chi connectivity index (χ2n) is 3.27. The van der Waals surface area contributed by atoms with Gasteiger partial charge >= 0.3 is 0 Å². The molecular formula is C9H14N2OS. The van der Waals surface area contributed by atoms with E-state index in [0.717, 1.165) is 25.5 Å². The van der Waals surface area contributed by atoms with Crippen LogP contribution in [0.1, 0.15) is 18.5 Å². The molecule has 13 heavy (non-hydrogen) atoms. The summed E-state index contributed by atoms with van der Waals surface area (Å²) in [5.41, 5.74) is 3.00. The summed E-state index contributed by atoms with van der Waals surface area (Å²) >= 11 is 1.64. The zero-order valence-electron chi connectivity index (χ0n) is 7.53. The van der Waals surface area contributed by atoms with Gasteiger partial charge in [0.05, 0.1) is 17.8 Å². The van der Waals surface area contributed by atoms with Gasteiger partial charge in [-0.05, 0) is 12.8 Å². The molecule has 1 atom stereocenters. The van der Waals surface area contributed by atoms with Crippen LogP contribution in [0.15, 0.2) is 10.9 Å². The van der Waals surface area contributed by atoms with Gasteiger partial charge in [0.1, 0.15) is 0 Å². The Bertz CT molecular complexity index is 232. The second kappa shape index (κ2) is 4.69. The number of hydrogen-bond donors (Lipinski definition) is 1. The van der Waals surface area contributed by atoms with E-state index in [1.807, 2.05) is 5.51 Å². The summed E-state index contributed by atoms with van der Waals surface area (Å²) in [5, 5.41) is 5.52. The van der Waals surface area contributed by atoms with Crippen molar-refractivity contribution in [2.45, 2.75) is 25.4 Å². The van der Waals surface area contributed by atoms with Crippen molar-refractivity contribution in [2.24, 2.45) is 0 Å². The van der Waals surface area contributed by atoms with Gasteiger partial charge in [-0.15, -0.1) is 11.3 Å². The van der Waals surface area contributed by atoms with Gasteiger partial charge in [0.25, 0.3) is 0 Å². The van der Waals surface area contributed by atoms with Crippen LogP contribution >= 0.6 is 11.3 Å². The zero-order chi connectivity index (χ0) is 8.93. The Balaban J connectivity index is 1.72. The van der Waals surface area contributed by atoms with Crippen molar-refractivity contribution >= 4 is 11.3 Å². The monoisotopic (exact) mass is 198 g/mol. The largest absolute Gasteiger partial charge is 0.380 e. The minimum Gasteiger partial charge on any atom is -0.380 e. The third-order valence-electron chi connectivity index (χ3n) is 2.22. The maximum atomic E-state index is 5.37. The zero-order valence-corrected chi connectivity index (χ0v) is 8.35. The molecule has 2 rings (SSSR count). The lowest BCUT2D eigenvalue weighted by molar-refractivity contribution is 0.0698. The number of aromatic nitrogens is 1. The molecule has 0 bridgehead atoms. The van der Waals surface area contributed by atoms with Crippen LogP contribution in [0.2, 0.25) is 0 Å². The van der Waals surface area contributed by atoms with E-state index >= 15 is 0 Å². The van der Waals surface area contributed by atoms with Crippen molar-refractivity contribution < 1.29 is 4.74 Å². The second-order valence-corrected chi connectivity index (χ2v) is 3.99. The molecular weight excluding hydrogens is 184 g/mol. The van der Waals surface area contributed by atoms with Crippen molar-refractivity contribution in [3.05, 3.63) is 16.6 Å². The summed E-state index contributed by atoms with van der Waals surface area (Å²) in [6, 6.07) is 0.524. The highest BCUT2D eigenvalue weighted by Gasteiger charge is 2.12. The Kier molecular flexibility index (Phi) is 3.29. The molecule has 1 aliphatic rings. The Morgan fingerprint density at radius 1 is 1.69 bits per heavy atom. The van der Waals surface area contributed by atoms with Crippen molar-refractivity contribution in [2.75, 3.05) is 13.2 Å². The van der Waals surface area contributed by atoms with Crippen LogP contribution in [0, 0.1) is 0 Å².